The van der Waals surface area contributed by atoms with Crippen LogP contribution in [0.5, 0.6) is 0 Å². The SMILES string of the molecule is C1=CB2C=CB3C=CB4C=CB5C=CB1[C]1C2=C3C4=C51. The first-order valence-corrected chi connectivity index (χ1v) is 7.69. The molecule has 6 aliphatic rings. The van der Waals surface area contributed by atoms with Crippen molar-refractivity contribution in [2.24, 2.45) is 0 Å². The largest absolute Gasteiger partial charge is 0.222 e. The summed E-state index contributed by atoms with van der Waals surface area (Å²) in [7, 11) is 0. The molecule has 5 heteroatoms. The van der Waals surface area contributed by atoms with Crippen molar-refractivity contribution in [3.63, 3.8) is 0 Å². The Morgan fingerprint density at radius 3 is 1.05 bits per heavy atom. The minimum absolute atomic E-state index is 0.525. The maximum Gasteiger partial charge on any atom is 0.222 e. The predicted octanol–water partition coefficient (Wildman–Crippen LogP) is 1.58. The van der Waals surface area contributed by atoms with Gasteiger partial charge < -0.3 is 0 Å². The molecule has 0 bridgehead atoms. The van der Waals surface area contributed by atoms with Crippen molar-refractivity contribution in [1.82, 2.24) is 0 Å². The molecule has 0 atom stereocenters. The Bertz CT molecular complexity index is 701. The highest BCUT2D eigenvalue weighted by atomic mass is 14.3. The molecular formula is C15H10B5. The quantitative estimate of drug-likeness (QED) is 0.568. The van der Waals surface area contributed by atoms with Crippen molar-refractivity contribution >= 4 is 33.6 Å². The number of allylic oxidation sites excluding steroid dienone is 4. The Hall–Kier alpha value is -1.50. The van der Waals surface area contributed by atoms with Crippen LogP contribution in [0.2, 0.25) is 0 Å². The Kier molecular flexibility index (Phi) is 1.65. The van der Waals surface area contributed by atoms with E-state index in [1.807, 2.05) is 0 Å². The van der Waals surface area contributed by atoms with Crippen LogP contribution in [0.25, 0.3) is 0 Å². The zero-order valence-electron chi connectivity index (χ0n) is 11.2. The zero-order chi connectivity index (χ0) is 12.8. The first kappa shape index (κ1) is 10.3. The van der Waals surface area contributed by atoms with E-state index in [0.29, 0.717) is 33.6 Å². The summed E-state index contributed by atoms with van der Waals surface area (Å²) in [5, 5.41) is 0. The van der Waals surface area contributed by atoms with Crippen molar-refractivity contribution in [3.05, 3.63) is 87.5 Å². The third-order valence-corrected chi connectivity index (χ3v) is 5.75. The monoisotopic (exact) mass is 245 g/mol. The van der Waals surface area contributed by atoms with Crippen LogP contribution in [-0.2, 0) is 0 Å². The second kappa shape index (κ2) is 3.22. The van der Waals surface area contributed by atoms with Gasteiger partial charge in [0.15, 0.2) is 0 Å². The standard InChI is InChI=1S/C15H10B5/c1-2-17-5-6-19-9-10-20-8-7-18-4-3-16(1)11-12(17)14(19)15(20)13(11)18/h1-10H. The summed E-state index contributed by atoms with van der Waals surface area (Å²) in [4.78, 5) is 0. The first-order valence-electron chi connectivity index (χ1n) is 7.69. The molecule has 85 valence electrons. The normalized spacial score (nSPS) is 26.9. The lowest BCUT2D eigenvalue weighted by Crippen LogP contribution is -2.40. The minimum atomic E-state index is 0.525. The Labute approximate surface area is 121 Å². The van der Waals surface area contributed by atoms with Crippen LogP contribution >= 0.6 is 0 Å². The molecule has 0 spiro atoms. The molecule has 0 amide bonds. The Balaban J connectivity index is 1.75. The summed E-state index contributed by atoms with van der Waals surface area (Å²) in [5.74, 6) is 25.8. The topological polar surface area (TPSA) is 0 Å². The van der Waals surface area contributed by atoms with Gasteiger partial charge in [-0.25, -0.2) is 0 Å². The van der Waals surface area contributed by atoms with Gasteiger partial charge in [-0.1, -0.05) is 21.9 Å². The molecule has 0 aromatic carbocycles. The molecule has 6 rings (SSSR count). The van der Waals surface area contributed by atoms with Gasteiger partial charge in [0.05, 0.1) is 0 Å². The van der Waals surface area contributed by atoms with E-state index in [0.717, 1.165) is 0 Å². The molecule has 5 aliphatic heterocycles. The number of hydrogen-bond donors (Lipinski definition) is 0. The van der Waals surface area contributed by atoms with Gasteiger partial charge in [0.2, 0.25) is 33.6 Å². The van der Waals surface area contributed by atoms with E-state index in [1.54, 1.807) is 27.7 Å². The lowest BCUT2D eigenvalue weighted by Gasteiger charge is -2.34. The van der Waals surface area contributed by atoms with Gasteiger partial charge in [-0.3, -0.25) is 0 Å². The molecule has 0 fully saturated rings. The maximum atomic E-state index is 2.41. The van der Waals surface area contributed by atoms with Gasteiger partial charge in [0.1, 0.15) is 0 Å². The molecule has 0 saturated heterocycles. The van der Waals surface area contributed by atoms with E-state index in [1.165, 1.54) is 0 Å². The fourth-order valence-corrected chi connectivity index (χ4v) is 5.00. The van der Waals surface area contributed by atoms with Crippen LogP contribution in [0.15, 0.2) is 81.6 Å². The molecule has 1 aliphatic carbocycles. The second-order valence-corrected chi connectivity index (χ2v) is 6.62. The molecule has 0 nitrogen and oxygen atoms in total. The van der Waals surface area contributed by atoms with E-state index in [9.17, 15) is 0 Å². The zero-order valence-corrected chi connectivity index (χ0v) is 11.2. The number of rotatable bonds is 0. The van der Waals surface area contributed by atoms with Gasteiger partial charge in [0.25, 0.3) is 0 Å². The molecule has 0 aromatic heterocycles. The summed E-state index contributed by atoms with van der Waals surface area (Å²) >= 11 is 0. The molecule has 1 radical (unpaired) electrons. The number of hydrogen-bond acceptors (Lipinski definition) is 0. The highest BCUT2D eigenvalue weighted by molar-refractivity contribution is 7.04. The van der Waals surface area contributed by atoms with E-state index in [-0.39, 0.29) is 0 Å². The van der Waals surface area contributed by atoms with E-state index < -0.39 is 0 Å². The average Bonchev–Trinajstić information content (AvgIpc) is 2.88. The van der Waals surface area contributed by atoms with Crippen molar-refractivity contribution in [1.29, 1.82) is 0 Å². The third-order valence-electron chi connectivity index (χ3n) is 5.75. The van der Waals surface area contributed by atoms with Crippen molar-refractivity contribution < 1.29 is 0 Å². The van der Waals surface area contributed by atoms with E-state index in [2.05, 4.69) is 59.8 Å². The van der Waals surface area contributed by atoms with Crippen molar-refractivity contribution in [2.45, 2.75) is 0 Å². The molecule has 0 unspecified atom stereocenters. The predicted molar refractivity (Wildman–Crippen MR) is 91.8 cm³/mol. The summed E-state index contributed by atoms with van der Waals surface area (Å²) in [6.45, 7) is 2.63. The molecule has 0 N–H and O–H groups in total. The lowest BCUT2D eigenvalue weighted by molar-refractivity contribution is 1.51. The van der Waals surface area contributed by atoms with E-state index in [4.69, 9.17) is 0 Å². The van der Waals surface area contributed by atoms with Gasteiger partial charge >= 0.3 is 0 Å². The Morgan fingerprint density at radius 2 is 0.650 bits per heavy atom. The minimum Gasteiger partial charge on any atom is -0.122 e. The highest BCUT2D eigenvalue weighted by Crippen LogP contribution is 2.52. The van der Waals surface area contributed by atoms with Crippen LogP contribution in [0.3, 0.4) is 0 Å². The van der Waals surface area contributed by atoms with Crippen LogP contribution in [0, 0.1) is 5.82 Å². The fraction of sp³-hybridized carbons (Fsp3) is 0. The molecular weight excluding hydrogens is 234 g/mol. The third kappa shape index (κ3) is 0.984. The first-order chi connectivity index (χ1) is 9.92. The van der Waals surface area contributed by atoms with Gasteiger partial charge in [-0.05, 0) is 5.82 Å². The van der Waals surface area contributed by atoms with Crippen molar-refractivity contribution in [2.75, 3.05) is 0 Å². The average molecular weight is 244 g/mol. The molecule has 0 aromatic rings. The summed E-state index contributed by atoms with van der Waals surface area (Å²) in [6, 6.07) is 0. The molecule has 20 heavy (non-hydrogen) atoms. The summed E-state index contributed by atoms with van der Waals surface area (Å²) < 4.78 is 0. The fourth-order valence-electron chi connectivity index (χ4n) is 5.00. The van der Waals surface area contributed by atoms with E-state index >= 15 is 0 Å². The van der Waals surface area contributed by atoms with Gasteiger partial charge in [-0.15, -0.1) is 59.8 Å². The maximum absolute atomic E-state index is 2.41. The van der Waals surface area contributed by atoms with Crippen LogP contribution in [-0.4, -0.2) is 33.6 Å². The molecule has 5 heterocycles. The van der Waals surface area contributed by atoms with Crippen molar-refractivity contribution in [3.8, 4) is 0 Å². The van der Waals surface area contributed by atoms with Crippen LogP contribution in [0.4, 0.5) is 0 Å². The molecule has 0 saturated carbocycles. The smallest absolute Gasteiger partial charge is 0.122 e. The summed E-state index contributed by atoms with van der Waals surface area (Å²) in [5.41, 5.74) is 6.62. The van der Waals surface area contributed by atoms with Crippen LogP contribution in [0.1, 0.15) is 0 Å². The van der Waals surface area contributed by atoms with Gasteiger partial charge in [-0.2, -0.15) is 0 Å². The second-order valence-electron chi connectivity index (χ2n) is 6.62. The Morgan fingerprint density at radius 1 is 0.350 bits per heavy atom. The van der Waals surface area contributed by atoms with Crippen LogP contribution < -0.4 is 0 Å². The van der Waals surface area contributed by atoms with Gasteiger partial charge in [0, 0.05) is 0 Å². The lowest BCUT2D eigenvalue weighted by atomic mass is 9.16. The summed E-state index contributed by atoms with van der Waals surface area (Å²) in [6.07, 6.45) is 0. The highest BCUT2D eigenvalue weighted by Gasteiger charge is 2.52.